The molecule has 8 heteroatoms. The number of aliphatic hydroxyl groups is 1. The van der Waals surface area contributed by atoms with E-state index in [4.69, 9.17) is 21.1 Å². The van der Waals surface area contributed by atoms with Crippen molar-refractivity contribution >= 4 is 46.1 Å². The highest BCUT2D eigenvalue weighted by molar-refractivity contribution is 7.10. The number of methoxy groups -OCH3 is 2. The molecule has 2 aromatic carbocycles. The smallest absolute Gasteiger partial charge is 0.300 e. The fourth-order valence-corrected chi connectivity index (χ4v) is 4.67. The molecule has 1 saturated heterocycles. The summed E-state index contributed by atoms with van der Waals surface area (Å²) < 4.78 is 10.8. The summed E-state index contributed by atoms with van der Waals surface area (Å²) in [7, 11) is 2.90. The molecule has 1 aliphatic heterocycles. The molecule has 1 fully saturated rings. The molecule has 31 heavy (non-hydrogen) atoms. The average Bonchev–Trinajstić information content (AvgIpc) is 3.39. The van der Waals surface area contributed by atoms with Crippen LogP contribution < -0.4 is 14.4 Å². The van der Waals surface area contributed by atoms with E-state index < -0.39 is 17.7 Å². The number of nitrogens with zero attached hydrogens (tertiary/aromatic N) is 1. The molecule has 1 amide bonds. The Morgan fingerprint density at radius 2 is 1.71 bits per heavy atom. The fourth-order valence-electron chi connectivity index (χ4n) is 3.66. The first kappa shape index (κ1) is 21.0. The molecule has 2 heterocycles. The largest absolute Gasteiger partial charge is 0.506 e. The Kier molecular flexibility index (Phi) is 5.71. The van der Waals surface area contributed by atoms with Gasteiger partial charge < -0.3 is 14.6 Å². The Bertz CT molecular complexity index is 1170. The van der Waals surface area contributed by atoms with Crippen LogP contribution in [0.2, 0.25) is 5.02 Å². The Morgan fingerprint density at radius 1 is 1.03 bits per heavy atom. The minimum atomic E-state index is -0.826. The minimum absolute atomic E-state index is 0.0461. The summed E-state index contributed by atoms with van der Waals surface area (Å²) in [5.41, 5.74) is 0.618. The SMILES string of the molecule is COc1cccc(OC)c1/C(O)=C1\C(=O)C(=O)N(c2cccc(Cl)c2)C1c1cccs1. The predicted octanol–water partition coefficient (Wildman–Crippen LogP) is 5.05. The summed E-state index contributed by atoms with van der Waals surface area (Å²) in [6, 6.07) is 14.5. The molecule has 1 atom stereocenters. The number of Topliss-reactive ketones (excluding diaryl/α,β-unsaturated/α-hetero) is 1. The first-order valence-electron chi connectivity index (χ1n) is 9.29. The van der Waals surface area contributed by atoms with Crippen LogP contribution in [0.15, 0.2) is 65.6 Å². The third kappa shape index (κ3) is 3.56. The van der Waals surface area contributed by atoms with E-state index in [1.54, 1.807) is 42.5 Å². The highest BCUT2D eigenvalue weighted by atomic mass is 35.5. The Morgan fingerprint density at radius 3 is 2.29 bits per heavy atom. The maximum atomic E-state index is 13.2. The van der Waals surface area contributed by atoms with Gasteiger partial charge in [-0.2, -0.15) is 0 Å². The van der Waals surface area contributed by atoms with Crippen molar-refractivity contribution in [1.82, 2.24) is 0 Å². The molecular weight excluding hydrogens is 438 g/mol. The van der Waals surface area contributed by atoms with Crippen molar-refractivity contribution in [2.24, 2.45) is 0 Å². The van der Waals surface area contributed by atoms with E-state index in [-0.39, 0.29) is 16.9 Å². The van der Waals surface area contributed by atoms with Gasteiger partial charge in [-0.25, -0.2) is 0 Å². The number of halogens is 1. The van der Waals surface area contributed by atoms with Gasteiger partial charge in [-0.05, 0) is 41.8 Å². The Balaban J connectivity index is 1.99. The fraction of sp³-hybridized carbons (Fsp3) is 0.130. The van der Waals surface area contributed by atoms with Gasteiger partial charge in [0.2, 0.25) is 0 Å². The summed E-state index contributed by atoms with van der Waals surface area (Å²) in [5.74, 6) is -1.29. The molecule has 1 unspecified atom stereocenters. The van der Waals surface area contributed by atoms with Crippen LogP contribution in [0.25, 0.3) is 5.76 Å². The van der Waals surface area contributed by atoms with Crippen LogP contribution in [-0.2, 0) is 9.59 Å². The molecule has 6 nitrogen and oxygen atoms in total. The normalized spacial score (nSPS) is 17.8. The number of ketones is 1. The van der Waals surface area contributed by atoms with Crippen molar-refractivity contribution in [1.29, 1.82) is 0 Å². The Hall–Kier alpha value is -3.29. The first-order chi connectivity index (χ1) is 15.0. The van der Waals surface area contributed by atoms with Gasteiger partial charge in [0.15, 0.2) is 0 Å². The van der Waals surface area contributed by atoms with Crippen molar-refractivity contribution < 1.29 is 24.2 Å². The van der Waals surface area contributed by atoms with E-state index in [1.807, 2.05) is 17.5 Å². The average molecular weight is 456 g/mol. The van der Waals surface area contributed by atoms with Gasteiger partial charge in [-0.3, -0.25) is 14.5 Å². The van der Waals surface area contributed by atoms with E-state index in [0.29, 0.717) is 22.2 Å². The van der Waals surface area contributed by atoms with Gasteiger partial charge in [0.1, 0.15) is 28.9 Å². The zero-order valence-electron chi connectivity index (χ0n) is 16.7. The second-order valence-corrected chi connectivity index (χ2v) is 8.12. The third-order valence-electron chi connectivity index (χ3n) is 5.01. The lowest BCUT2D eigenvalue weighted by molar-refractivity contribution is -0.132. The molecule has 4 rings (SSSR count). The lowest BCUT2D eigenvalue weighted by Crippen LogP contribution is -2.29. The zero-order valence-corrected chi connectivity index (χ0v) is 18.2. The van der Waals surface area contributed by atoms with E-state index in [9.17, 15) is 14.7 Å². The van der Waals surface area contributed by atoms with E-state index in [1.165, 1.54) is 30.5 Å². The number of ether oxygens (including phenoxy) is 2. The van der Waals surface area contributed by atoms with Gasteiger partial charge in [-0.1, -0.05) is 29.8 Å². The van der Waals surface area contributed by atoms with Crippen LogP contribution in [0.3, 0.4) is 0 Å². The van der Waals surface area contributed by atoms with Gasteiger partial charge in [-0.15, -0.1) is 11.3 Å². The molecule has 0 bridgehead atoms. The topological polar surface area (TPSA) is 76.1 Å². The van der Waals surface area contributed by atoms with Gasteiger partial charge in [0.05, 0.1) is 19.8 Å². The maximum Gasteiger partial charge on any atom is 0.300 e. The lowest BCUT2D eigenvalue weighted by atomic mass is 9.98. The third-order valence-corrected chi connectivity index (χ3v) is 6.17. The lowest BCUT2D eigenvalue weighted by Gasteiger charge is -2.24. The standard InChI is InChI=1S/C23H18ClNO5S/c1-29-15-8-4-9-16(30-2)18(15)21(26)19-20(17-10-5-11-31-17)25(23(28)22(19)27)14-7-3-6-13(24)12-14/h3-12,20,26H,1-2H3/b21-19+. The summed E-state index contributed by atoms with van der Waals surface area (Å²) in [6.07, 6.45) is 0. The van der Waals surface area contributed by atoms with E-state index >= 15 is 0 Å². The predicted molar refractivity (Wildman–Crippen MR) is 120 cm³/mol. The van der Waals surface area contributed by atoms with Gasteiger partial charge in [0.25, 0.3) is 11.7 Å². The molecule has 0 spiro atoms. The molecule has 0 aliphatic carbocycles. The second kappa shape index (κ2) is 8.45. The number of aliphatic hydroxyl groups excluding tert-OH is 1. The van der Waals surface area contributed by atoms with Gasteiger partial charge in [0, 0.05) is 15.6 Å². The van der Waals surface area contributed by atoms with E-state index in [0.717, 1.165) is 4.88 Å². The zero-order chi connectivity index (χ0) is 22.1. The van der Waals surface area contributed by atoms with Crippen LogP contribution in [0.1, 0.15) is 16.5 Å². The highest BCUT2D eigenvalue weighted by Crippen LogP contribution is 2.46. The van der Waals surface area contributed by atoms with Crippen molar-refractivity contribution in [2.45, 2.75) is 6.04 Å². The number of carbonyl (C=O) groups is 2. The number of amides is 1. The number of hydrogen-bond donors (Lipinski definition) is 1. The van der Waals surface area contributed by atoms with Crippen LogP contribution in [0.5, 0.6) is 11.5 Å². The first-order valence-corrected chi connectivity index (χ1v) is 10.5. The number of carbonyl (C=O) groups excluding carboxylic acids is 2. The number of anilines is 1. The summed E-state index contributed by atoms with van der Waals surface area (Å²) in [4.78, 5) is 28.4. The second-order valence-electron chi connectivity index (χ2n) is 6.70. The molecule has 1 N–H and O–H groups in total. The molecular formula is C23H18ClNO5S. The maximum absolute atomic E-state index is 13.2. The Labute approximate surface area is 187 Å². The van der Waals surface area contributed by atoms with Crippen LogP contribution >= 0.6 is 22.9 Å². The van der Waals surface area contributed by atoms with Crippen molar-refractivity contribution in [2.75, 3.05) is 19.1 Å². The molecule has 1 aromatic heterocycles. The molecule has 1 aliphatic rings. The monoisotopic (exact) mass is 455 g/mol. The number of hydrogen-bond acceptors (Lipinski definition) is 6. The van der Waals surface area contributed by atoms with Crippen LogP contribution in [0, 0.1) is 0 Å². The van der Waals surface area contributed by atoms with Gasteiger partial charge >= 0.3 is 0 Å². The molecule has 158 valence electrons. The number of rotatable bonds is 5. The molecule has 0 radical (unpaired) electrons. The van der Waals surface area contributed by atoms with Crippen molar-refractivity contribution in [3.8, 4) is 11.5 Å². The number of thiophene rings is 1. The highest BCUT2D eigenvalue weighted by Gasteiger charge is 2.48. The summed E-state index contributed by atoms with van der Waals surface area (Å²) in [6.45, 7) is 0. The number of benzene rings is 2. The van der Waals surface area contributed by atoms with Crippen LogP contribution in [-0.4, -0.2) is 31.0 Å². The quantitative estimate of drug-likeness (QED) is 0.331. The summed E-state index contributed by atoms with van der Waals surface area (Å²) >= 11 is 7.52. The van der Waals surface area contributed by atoms with Crippen molar-refractivity contribution in [3.63, 3.8) is 0 Å². The van der Waals surface area contributed by atoms with Crippen molar-refractivity contribution in [3.05, 3.63) is 81.0 Å². The minimum Gasteiger partial charge on any atom is -0.506 e. The van der Waals surface area contributed by atoms with E-state index in [2.05, 4.69) is 0 Å². The molecule has 0 saturated carbocycles. The van der Waals surface area contributed by atoms with Crippen LogP contribution in [0.4, 0.5) is 5.69 Å². The molecule has 3 aromatic rings. The summed E-state index contributed by atoms with van der Waals surface area (Å²) in [5, 5.41) is 13.6.